The molecular weight excluding hydrogens is 244 g/mol. The first-order valence-corrected chi connectivity index (χ1v) is 7.08. The maximum absolute atomic E-state index is 6.10. The molecule has 0 saturated carbocycles. The van der Waals surface area contributed by atoms with Crippen molar-refractivity contribution < 1.29 is 4.42 Å². The van der Waals surface area contributed by atoms with Gasteiger partial charge >= 0.3 is 0 Å². The zero-order chi connectivity index (χ0) is 13.7. The molecule has 4 rings (SSSR count). The molecule has 0 radical (unpaired) electrons. The van der Waals surface area contributed by atoms with Crippen LogP contribution in [0.3, 0.4) is 0 Å². The Morgan fingerprint density at radius 1 is 0.800 bits per heavy atom. The highest BCUT2D eigenvalue weighted by Crippen LogP contribution is 2.34. The summed E-state index contributed by atoms with van der Waals surface area (Å²) in [5.41, 5.74) is 3.32. The van der Waals surface area contributed by atoms with E-state index >= 15 is 0 Å². The Labute approximate surface area is 117 Å². The third-order valence-corrected chi connectivity index (χ3v) is 4.05. The lowest BCUT2D eigenvalue weighted by molar-refractivity contribution is 0.672. The summed E-state index contributed by atoms with van der Waals surface area (Å²) in [6.07, 6.45) is 0. The summed E-state index contributed by atoms with van der Waals surface area (Å²) in [4.78, 5) is 0. The van der Waals surface area contributed by atoms with Crippen molar-refractivity contribution in [3.8, 4) is 0 Å². The van der Waals surface area contributed by atoms with Gasteiger partial charge in [-0.05, 0) is 35.1 Å². The summed E-state index contributed by atoms with van der Waals surface area (Å²) in [6, 6.07) is 19.3. The van der Waals surface area contributed by atoms with Gasteiger partial charge in [-0.3, -0.25) is 0 Å². The minimum absolute atomic E-state index is 0.527. The molecule has 1 aromatic heterocycles. The normalized spacial score (nSPS) is 11.9. The van der Waals surface area contributed by atoms with Crippen LogP contribution in [0.15, 0.2) is 59.0 Å². The first-order chi connectivity index (χ1) is 9.74. The van der Waals surface area contributed by atoms with Gasteiger partial charge in [-0.1, -0.05) is 50.2 Å². The number of hydrogen-bond donors (Lipinski definition) is 0. The van der Waals surface area contributed by atoms with E-state index in [0.29, 0.717) is 5.92 Å². The van der Waals surface area contributed by atoms with Crippen LogP contribution in [-0.4, -0.2) is 0 Å². The van der Waals surface area contributed by atoms with Crippen molar-refractivity contribution in [3.63, 3.8) is 0 Å². The fraction of sp³-hybridized carbons (Fsp3) is 0.158. The summed E-state index contributed by atoms with van der Waals surface area (Å²) >= 11 is 0. The molecule has 0 aliphatic carbocycles. The molecule has 3 aromatic carbocycles. The van der Waals surface area contributed by atoms with Gasteiger partial charge < -0.3 is 4.42 Å². The number of para-hydroxylation sites is 1. The third kappa shape index (κ3) is 1.56. The molecule has 1 heterocycles. The second kappa shape index (κ2) is 4.11. The van der Waals surface area contributed by atoms with Gasteiger partial charge in [0, 0.05) is 16.2 Å². The molecule has 98 valence electrons. The summed E-state index contributed by atoms with van der Waals surface area (Å²) in [7, 11) is 0. The number of fused-ring (bicyclic) bond motifs is 5. The lowest BCUT2D eigenvalue weighted by Gasteiger charge is -2.07. The van der Waals surface area contributed by atoms with Crippen LogP contribution in [0.1, 0.15) is 25.3 Å². The number of rotatable bonds is 1. The molecule has 0 atom stereocenters. The predicted molar refractivity (Wildman–Crippen MR) is 85.3 cm³/mol. The zero-order valence-electron chi connectivity index (χ0n) is 11.7. The van der Waals surface area contributed by atoms with Gasteiger partial charge in [0.1, 0.15) is 11.2 Å². The van der Waals surface area contributed by atoms with E-state index in [2.05, 4.69) is 56.3 Å². The van der Waals surface area contributed by atoms with Gasteiger partial charge in [-0.15, -0.1) is 0 Å². The largest absolute Gasteiger partial charge is 0.455 e. The first-order valence-electron chi connectivity index (χ1n) is 7.08. The van der Waals surface area contributed by atoms with E-state index in [1.165, 1.54) is 27.1 Å². The Kier molecular flexibility index (Phi) is 2.37. The number of furan rings is 1. The number of hydrogen-bond acceptors (Lipinski definition) is 1. The van der Waals surface area contributed by atoms with E-state index in [1.807, 2.05) is 12.1 Å². The Bertz CT molecular complexity index is 928. The minimum Gasteiger partial charge on any atom is -0.455 e. The van der Waals surface area contributed by atoms with Gasteiger partial charge in [0.2, 0.25) is 0 Å². The standard InChI is InChI=1S/C19H16O/c1-12(2)14-8-7-13-9-10-16-15-5-3-4-6-18(15)20-19(16)17(13)11-14/h3-12H,1-2H3. The minimum atomic E-state index is 0.527. The average molecular weight is 260 g/mol. The lowest BCUT2D eigenvalue weighted by atomic mass is 9.98. The molecule has 4 aromatic rings. The van der Waals surface area contributed by atoms with Crippen molar-refractivity contribution in [3.05, 3.63) is 60.2 Å². The summed E-state index contributed by atoms with van der Waals surface area (Å²) in [5.74, 6) is 0.527. The molecule has 0 bridgehead atoms. The molecule has 0 fully saturated rings. The van der Waals surface area contributed by atoms with Crippen molar-refractivity contribution in [2.75, 3.05) is 0 Å². The summed E-state index contributed by atoms with van der Waals surface area (Å²) < 4.78 is 6.10. The molecular formula is C19H16O. The fourth-order valence-corrected chi connectivity index (χ4v) is 2.88. The summed E-state index contributed by atoms with van der Waals surface area (Å²) in [6.45, 7) is 4.44. The molecule has 0 spiro atoms. The Balaban J connectivity index is 2.18. The smallest absolute Gasteiger partial charge is 0.143 e. The lowest BCUT2D eigenvalue weighted by Crippen LogP contribution is -1.86. The third-order valence-electron chi connectivity index (χ3n) is 4.05. The van der Waals surface area contributed by atoms with E-state index in [1.54, 1.807) is 0 Å². The zero-order valence-corrected chi connectivity index (χ0v) is 11.7. The van der Waals surface area contributed by atoms with Crippen molar-refractivity contribution in [2.24, 2.45) is 0 Å². The van der Waals surface area contributed by atoms with Crippen molar-refractivity contribution >= 4 is 32.7 Å². The highest BCUT2D eigenvalue weighted by Gasteiger charge is 2.10. The molecule has 1 heteroatoms. The maximum atomic E-state index is 6.10. The molecule has 0 unspecified atom stereocenters. The van der Waals surface area contributed by atoms with E-state index in [-0.39, 0.29) is 0 Å². The van der Waals surface area contributed by atoms with Crippen LogP contribution in [0.5, 0.6) is 0 Å². The van der Waals surface area contributed by atoms with Crippen molar-refractivity contribution in [1.29, 1.82) is 0 Å². The van der Waals surface area contributed by atoms with E-state index in [9.17, 15) is 0 Å². The number of benzene rings is 3. The van der Waals surface area contributed by atoms with Gasteiger partial charge in [-0.2, -0.15) is 0 Å². The van der Waals surface area contributed by atoms with Crippen molar-refractivity contribution in [1.82, 2.24) is 0 Å². The highest BCUT2D eigenvalue weighted by molar-refractivity contribution is 6.14. The van der Waals surface area contributed by atoms with Crippen LogP contribution in [-0.2, 0) is 0 Å². The molecule has 0 N–H and O–H groups in total. The molecule has 20 heavy (non-hydrogen) atoms. The maximum Gasteiger partial charge on any atom is 0.143 e. The first kappa shape index (κ1) is 11.5. The Hall–Kier alpha value is -2.28. The second-order valence-electron chi connectivity index (χ2n) is 5.68. The van der Waals surface area contributed by atoms with Gasteiger partial charge in [0.25, 0.3) is 0 Å². The fourth-order valence-electron chi connectivity index (χ4n) is 2.88. The van der Waals surface area contributed by atoms with Crippen LogP contribution in [0.4, 0.5) is 0 Å². The Morgan fingerprint density at radius 3 is 2.45 bits per heavy atom. The van der Waals surface area contributed by atoms with Gasteiger partial charge in [-0.25, -0.2) is 0 Å². The molecule has 0 aliphatic rings. The highest BCUT2D eigenvalue weighted by atomic mass is 16.3. The van der Waals surface area contributed by atoms with Crippen LogP contribution in [0, 0.1) is 0 Å². The summed E-state index contributed by atoms with van der Waals surface area (Å²) in [5, 5.41) is 4.85. The quantitative estimate of drug-likeness (QED) is 0.417. The molecule has 0 saturated heterocycles. The van der Waals surface area contributed by atoms with E-state index in [4.69, 9.17) is 4.42 Å². The topological polar surface area (TPSA) is 13.1 Å². The SMILES string of the molecule is CC(C)c1ccc2ccc3c4ccccc4oc3c2c1. The van der Waals surface area contributed by atoms with Gasteiger partial charge in [0.05, 0.1) is 0 Å². The second-order valence-corrected chi connectivity index (χ2v) is 5.68. The average Bonchev–Trinajstić information content (AvgIpc) is 2.85. The molecule has 0 amide bonds. The monoisotopic (exact) mass is 260 g/mol. The van der Waals surface area contributed by atoms with Gasteiger partial charge in [0.15, 0.2) is 0 Å². The van der Waals surface area contributed by atoms with Crippen LogP contribution in [0.2, 0.25) is 0 Å². The van der Waals surface area contributed by atoms with Crippen LogP contribution >= 0.6 is 0 Å². The molecule has 0 aliphatic heterocycles. The van der Waals surface area contributed by atoms with E-state index in [0.717, 1.165) is 11.2 Å². The van der Waals surface area contributed by atoms with Crippen LogP contribution in [0.25, 0.3) is 32.7 Å². The van der Waals surface area contributed by atoms with E-state index < -0.39 is 0 Å². The molecule has 1 nitrogen and oxygen atoms in total. The van der Waals surface area contributed by atoms with Crippen molar-refractivity contribution in [2.45, 2.75) is 19.8 Å². The predicted octanol–water partition coefficient (Wildman–Crippen LogP) is 5.86. The Morgan fingerprint density at radius 2 is 1.60 bits per heavy atom. The van der Waals surface area contributed by atoms with Crippen LogP contribution < -0.4 is 0 Å².